The Kier molecular flexibility index (Phi) is 4.80. The third-order valence-electron chi connectivity index (χ3n) is 6.28. The van der Waals surface area contributed by atoms with Gasteiger partial charge in [0.1, 0.15) is 6.61 Å². The van der Waals surface area contributed by atoms with Gasteiger partial charge in [-0.1, -0.05) is 32.4 Å². The van der Waals surface area contributed by atoms with Crippen molar-refractivity contribution in [2.75, 3.05) is 6.61 Å². The number of carbonyl (C=O) groups excluding carboxylic acids is 2. The largest absolute Gasteiger partial charge is 0.465 e. The number of esters is 1. The summed E-state index contributed by atoms with van der Waals surface area (Å²) in [5.74, 6) is 1.09. The Morgan fingerprint density at radius 3 is 2.75 bits per heavy atom. The van der Waals surface area contributed by atoms with Gasteiger partial charge in [-0.15, -0.1) is 0 Å². The van der Waals surface area contributed by atoms with Crippen molar-refractivity contribution in [3.63, 3.8) is 0 Å². The molecule has 0 N–H and O–H groups in total. The molecule has 0 fully saturated rings. The molecule has 3 aliphatic carbocycles. The van der Waals surface area contributed by atoms with Crippen molar-refractivity contribution in [3.8, 4) is 0 Å². The fourth-order valence-corrected chi connectivity index (χ4v) is 4.99. The van der Waals surface area contributed by atoms with E-state index in [9.17, 15) is 9.59 Å². The highest BCUT2D eigenvalue weighted by Gasteiger charge is 2.45. The van der Waals surface area contributed by atoms with E-state index in [-0.39, 0.29) is 17.2 Å². The summed E-state index contributed by atoms with van der Waals surface area (Å²) in [6, 6.07) is 0. The molecule has 3 heteroatoms. The van der Waals surface area contributed by atoms with Crippen LogP contribution in [0, 0.1) is 17.3 Å². The summed E-state index contributed by atoms with van der Waals surface area (Å²) in [6.45, 7) is 6.41. The van der Waals surface area contributed by atoms with Crippen LogP contribution < -0.4 is 0 Å². The highest BCUT2D eigenvalue weighted by Crippen LogP contribution is 2.53. The Labute approximate surface area is 144 Å². The fourth-order valence-electron chi connectivity index (χ4n) is 4.99. The zero-order chi connectivity index (χ0) is 17.3. The first-order valence-electron chi connectivity index (χ1n) is 9.30. The molecule has 3 atom stereocenters. The average molecular weight is 328 g/mol. The van der Waals surface area contributed by atoms with E-state index in [1.807, 2.05) is 6.08 Å². The zero-order valence-electron chi connectivity index (χ0n) is 15.1. The molecule has 0 amide bonds. The van der Waals surface area contributed by atoms with Crippen LogP contribution in [-0.2, 0) is 14.3 Å². The number of allylic oxidation sites excluding steroid dienone is 5. The number of ketones is 1. The van der Waals surface area contributed by atoms with Gasteiger partial charge in [0, 0.05) is 18.8 Å². The summed E-state index contributed by atoms with van der Waals surface area (Å²) in [4.78, 5) is 23.1. The molecular formula is C21H28O3. The molecule has 0 aromatic heterocycles. The van der Waals surface area contributed by atoms with Gasteiger partial charge in [0.2, 0.25) is 0 Å². The first-order chi connectivity index (χ1) is 11.5. The molecular weight excluding hydrogens is 300 g/mol. The van der Waals surface area contributed by atoms with Gasteiger partial charge < -0.3 is 4.74 Å². The molecule has 0 aliphatic heterocycles. The van der Waals surface area contributed by atoms with Gasteiger partial charge in [-0.05, 0) is 60.3 Å². The van der Waals surface area contributed by atoms with Crippen LogP contribution in [-0.4, -0.2) is 18.4 Å². The summed E-state index contributed by atoms with van der Waals surface area (Å²) < 4.78 is 5.45. The third-order valence-corrected chi connectivity index (χ3v) is 6.28. The lowest BCUT2D eigenvalue weighted by Crippen LogP contribution is -2.42. The van der Waals surface area contributed by atoms with Crippen LogP contribution in [0.4, 0.5) is 0 Å². The Hall–Kier alpha value is -1.64. The maximum Gasteiger partial charge on any atom is 0.302 e. The highest BCUT2D eigenvalue weighted by molar-refractivity contribution is 5.93. The molecule has 24 heavy (non-hydrogen) atoms. The Morgan fingerprint density at radius 1 is 1.29 bits per heavy atom. The summed E-state index contributed by atoms with van der Waals surface area (Å²) in [5.41, 5.74) is 4.07. The first kappa shape index (κ1) is 17.2. The van der Waals surface area contributed by atoms with Crippen LogP contribution in [0.15, 0.2) is 34.9 Å². The van der Waals surface area contributed by atoms with Gasteiger partial charge in [-0.25, -0.2) is 0 Å². The van der Waals surface area contributed by atoms with Gasteiger partial charge in [0.25, 0.3) is 0 Å². The lowest BCUT2D eigenvalue weighted by Gasteiger charge is -2.47. The van der Waals surface area contributed by atoms with Gasteiger partial charge in [0.05, 0.1) is 0 Å². The van der Waals surface area contributed by atoms with Crippen molar-refractivity contribution in [3.05, 3.63) is 34.9 Å². The maximum absolute atomic E-state index is 11.7. The Morgan fingerprint density at radius 2 is 2.08 bits per heavy atom. The summed E-state index contributed by atoms with van der Waals surface area (Å²) >= 11 is 0. The van der Waals surface area contributed by atoms with Crippen molar-refractivity contribution < 1.29 is 14.3 Å². The molecule has 0 saturated heterocycles. The monoisotopic (exact) mass is 328 g/mol. The Bertz CT molecular complexity index is 637. The third kappa shape index (κ3) is 2.89. The van der Waals surface area contributed by atoms with Crippen molar-refractivity contribution >= 4 is 11.8 Å². The van der Waals surface area contributed by atoms with Crippen LogP contribution in [0.2, 0.25) is 0 Å². The van der Waals surface area contributed by atoms with Gasteiger partial charge in [-0.2, -0.15) is 0 Å². The molecule has 0 spiro atoms. The molecule has 3 rings (SSSR count). The van der Waals surface area contributed by atoms with Crippen molar-refractivity contribution in [1.29, 1.82) is 0 Å². The predicted molar refractivity (Wildman–Crippen MR) is 94.4 cm³/mol. The standard InChI is InChI=1S/C21H28O3/c1-4-20-19-8-6-15-12-16(23)7-9-17(15)18(19)10-11-21(20,5-2)13-24-14(3)22/h10-12,19-20H,4-9,13H2,1-3H3/t19-,20+,21-/m1/s1. The van der Waals surface area contributed by atoms with E-state index >= 15 is 0 Å². The molecule has 3 nitrogen and oxygen atoms in total. The number of fused-ring (bicyclic) bond motifs is 2. The van der Waals surface area contributed by atoms with Gasteiger partial charge >= 0.3 is 5.97 Å². The van der Waals surface area contributed by atoms with E-state index in [1.165, 1.54) is 23.6 Å². The van der Waals surface area contributed by atoms with Crippen LogP contribution in [0.25, 0.3) is 0 Å². The average Bonchev–Trinajstić information content (AvgIpc) is 2.58. The second-order valence-electron chi connectivity index (χ2n) is 7.43. The summed E-state index contributed by atoms with van der Waals surface area (Å²) in [7, 11) is 0. The second-order valence-corrected chi connectivity index (χ2v) is 7.43. The summed E-state index contributed by atoms with van der Waals surface area (Å²) in [6.07, 6.45) is 12.2. The van der Waals surface area contributed by atoms with E-state index in [2.05, 4.69) is 26.0 Å². The topological polar surface area (TPSA) is 43.4 Å². The molecule has 0 heterocycles. The van der Waals surface area contributed by atoms with E-state index in [1.54, 1.807) is 0 Å². The minimum Gasteiger partial charge on any atom is -0.465 e. The highest BCUT2D eigenvalue weighted by atomic mass is 16.5. The quantitative estimate of drug-likeness (QED) is 0.712. The van der Waals surface area contributed by atoms with E-state index < -0.39 is 0 Å². The normalized spacial score (nSPS) is 32.1. The number of hydrogen-bond donors (Lipinski definition) is 0. The number of rotatable bonds is 4. The zero-order valence-corrected chi connectivity index (χ0v) is 15.1. The van der Waals surface area contributed by atoms with Crippen LogP contribution >= 0.6 is 0 Å². The van der Waals surface area contributed by atoms with E-state index in [4.69, 9.17) is 4.74 Å². The van der Waals surface area contributed by atoms with E-state index in [0.717, 1.165) is 32.1 Å². The summed E-state index contributed by atoms with van der Waals surface area (Å²) in [5, 5.41) is 0. The smallest absolute Gasteiger partial charge is 0.302 e. The minimum absolute atomic E-state index is 0.0547. The lowest BCUT2D eigenvalue weighted by molar-refractivity contribution is -0.145. The first-order valence-corrected chi connectivity index (χ1v) is 9.30. The van der Waals surface area contributed by atoms with Crippen LogP contribution in [0.1, 0.15) is 59.3 Å². The molecule has 130 valence electrons. The molecule has 0 aromatic carbocycles. The van der Waals surface area contributed by atoms with Gasteiger partial charge in [0.15, 0.2) is 5.78 Å². The van der Waals surface area contributed by atoms with Crippen molar-refractivity contribution in [1.82, 2.24) is 0 Å². The van der Waals surface area contributed by atoms with Gasteiger partial charge in [-0.3, -0.25) is 9.59 Å². The van der Waals surface area contributed by atoms with Crippen LogP contribution in [0.5, 0.6) is 0 Å². The minimum atomic E-state index is -0.199. The second kappa shape index (κ2) is 6.70. The molecule has 0 bridgehead atoms. The number of ether oxygens (including phenoxy) is 1. The Balaban J connectivity index is 2.01. The lowest BCUT2D eigenvalue weighted by atomic mass is 9.57. The molecule has 0 aromatic rings. The SMILES string of the molecule is CC[C@H]1[C@@H]2CCC3=CC(=O)CCC3=C2C=C[C@]1(CC)COC(C)=O. The van der Waals surface area contributed by atoms with E-state index in [0.29, 0.717) is 24.9 Å². The number of carbonyl (C=O) groups is 2. The molecule has 0 saturated carbocycles. The predicted octanol–water partition coefficient (Wildman–Crippen LogP) is 4.54. The maximum atomic E-state index is 11.7. The molecule has 3 aliphatic rings. The fraction of sp³-hybridized carbons (Fsp3) is 0.619. The molecule has 0 radical (unpaired) electrons. The van der Waals surface area contributed by atoms with Crippen LogP contribution in [0.3, 0.4) is 0 Å². The van der Waals surface area contributed by atoms with Crippen molar-refractivity contribution in [2.45, 2.75) is 59.3 Å². The molecule has 0 unspecified atom stereocenters. The number of hydrogen-bond acceptors (Lipinski definition) is 3. The van der Waals surface area contributed by atoms with Crippen molar-refractivity contribution in [2.24, 2.45) is 17.3 Å².